The van der Waals surface area contributed by atoms with Gasteiger partial charge >= 0.3 is 12.2 Å². The number of carbonyl (C=O) groups excluding carboxylic acids is 2. The van der Waals surface area contributed by atoms with Crippen molar-refractivity contribution in [3.05, 3.63) is 78.0 Å². The fraction of sp³-hybridized carbons (Fsp3) is 0.333. The van der Waals surface area contributed by atoms with E-state index in [1.807, 2.05) is 29.9 Å². The Bertz CT molecular complexity index is 1110. The summed E-state index contributed by atoms with van der Waals surface area (Å²) in [5.41, 5.74) is -0.449. The summed E-state index contributed by atoms with van der Waals surface area (Å²) in [6, 6.07) is 10.7. The van der Waals surface area contributed by atoms with E-state index < -0.39 is 23.8 Å². The van der Waals surface area contributed by atoms with Crippen LogP contribution in [0.5, 0.6) is 0 Å². The average Bonchev–Trinajstić information content (AvgIpc) is 3.42. The molecule has 3 rings (SSSR count). The molecule has 0 atom stereocenters. The second-order valence-corrected chi connectivity index (χ2v) is 8.13. The molecular formula is C24H27F3N4O3. The molecule has 0 aliphatic heterocycles. The van der Waals surface area contributed by atoms with E-state index in [4.69, 9.17) is 4.42 Å². The van der Waals surface area contributed by atoms with Crippen molar-refractivity contribution in [3.8, 4) is 0 Å². The van der Waals surface area contributed by atoms with Gasteiger partial charge in [-0.2, -0.15) is 13.2 Å². The standard InChI is InChI=1S/C24H27F3N4O3/c1-17(2)31(23(33)28-21-11-5-4-10-20(21)24(25,26)27)16-22(32)30(15-19-9-7-13-34-19)14-18-8-6-12-29(18)3/h4-13,17H,14-16H2,1-3H3,(H,28,33). The number of amides is 3. The maximum absolute atomic E-state index is 13.3. The van der Waals surface area contributed by atoms with Crippen LogP contribution >= 0.6 is 0 Å². The number of furan rings is 1. The molecule has 7 nitrogen and oxygen atoms in total. The topological polar surface area (TPSA) is 70.7 Å². The molecule has 1 N–H and O–H groups in total. The summed E-state index contributed by atoms with van der Waals surface area (Å²) in [6.45, 7) is 3.52. The summed E-state index contributed by atoms with van der Waals surface area (Å²) in [5, 5.41) is 2.32. The van der Waals surface area contributed by atoms with Gasteiger partial charge in [0.15, 0.2) is 0 Å². The number of carbonyl (C=O) groups is 2. The zero-order valence-corrected chi connectivity index (χ0v) is 19.2. The van der Waals surface area contributed by atoms with E-state index in [9.17, 15) is 22.8 Å². The Morgan fingerprint density at radius 3 is 2.38 bits per heavy atom. The van der Waals surface area contributed by atoms with Gasteiger partial charge < -0.3 is 24.1 Å². The van der Waals surface area contributed by atoms with Crippen LogP contribution in [0.2, 0.25) is 0 Å². The highest BCUT2D eigenvalue weighted by atomic mass is 19.4. The zero-order valence-electron chi connectivity index (χ0n) is 19.2. The Morgan fingerprint density at radius 2 is 1.79 bits per heavy atom. The predicted molar refractivity (Wildman–Crippen MR) is 121 cm³/mol. The molecule has 3 aromatic rings. The lowest BCUT2D eigenvalue weighted by molar-refractivity contribution is -0.137. The summed E-state index contributed by atoms with van der Waals surface area (Å²) in [6.07, 6.45) is -1.26. The van der Waals surface area contributed by atoms with Gasteiger partial charge in [-0.1, -0.05) is 12.1 Å². The van der Waals surface area contributed by atoms with E-state index in [0.29, 0.717) is 5.76 Å². The van der Waals surface area contributed by atoms with Gasteiger partial charge in [-0.05, 0) is 50.2 Å². The molecule has 0 spiro atoms. The summed E-state index contributed by atoms with van der Waals surface area (Å²) >= 11 is 0. The molecule has 10 heteroatoms. The second kappa shape index (κ2) is 10.5. The number of hydrogen-bond acceptors (Lipinski definition) is 3. The van der Waals surface area contributed by atoms with Crippen LogP contribution in [0.3, 0.4) is 0 Å². The second-order valence-electron chi connectivity index (χ2n) is 8.13. The Labute approximate surface area is 195 Å². The quantitative estimate of drug-likeness (QED) is 0.491. The number of aromatic nitrogens is 1. The normalized spacial score (nSPS) is 11.5. The smallest absolute Gasteiger partial charge is 0.418 e. The third-order valence-corrected chi connectivity index (χ3v) is 5.35. The molecule has 182 valence electrons. The number of alkyl halides is 3. The van der Waals surface area contributed by atoms with Crippen LogP contribution < -0.4 is 5.32 Å². The highest BCUT2D eigenvalue weighted by Crippen LogP contribution is 2.34. The van der Waals surface area contributed by atoms with Crippen molar-refractivity contribution in [1.82, 2.24) is 14.4 Å². The summed E-state index contributed by atoms with van der Waals surface area (Å²) in [7, 11) is 1.86. The Kier molecular flexibility index (Phi) is 7.70. The van der Waals surface area contributed by atoms with Gasteiger partial charge in [0.1, 0.15) is 12.3 Å². The highest BCUT2D eigenvalue weighted by molar-refractivity contribution is 5.93. The number of benzene rings is 1. The van der Waals surface area contributed by atoms with E-state index in [0.717, 1.165) is 11.8 Å². The molecule has 1 aromatic carbocycles. The molecule has 0 fully saturated rings. The third-order valence-electron chi connectivity index (χ3n) is 5.35. The first-order valence-electron chi connectivity index (χ1n) is 10.7. The molecule has 2 aromatic heterocycles. The Balaban J connectivity index is 1.79. The van der Waals surface area contributed by atoms with Gasteiger partial charge in [0.25, 0.3) is 0 Å². The molecule has 0 saturated heterocycles. The first-order chi connectivity index (χ1) is 16.1. The van der Waals surface area contributed by atoms with Gasteiger partial charge in [-0.25, -0.2) is 4.79 Å². The minimum atomic E-state index is -4.63. The van der Waals surface area contributed by atoms with Crippen molar-refractivity contribution in [2.24, 2.45) is 7.05 Å². The average molecular weight is 476 g/mol. The van der Waals surface area contributed by atoms with E-state index in [2.05, 4.69) is 5.32 Å². The van der Waals surface area contributed by atoms with Gasteiger partial charge in [-0.3, -0.25) is 4.79 Å². The lowest BCUT2D eigenvalue weighted by Gasteiger charge is -2.30. The molecular weight excluding hydrogens is 449 g/mol. The molecule has 0 aliphatic carbocycles. The van der Waals surface area contributed by atoms with Crippen LogP contribution in [0, 0.1) is 0 Å². The molecule has 0 bridgehead atoms. The third kappa shape index (κ3) is 6.21. The number of nitrogens with zero attached hydrogens (tertiary/aromatic N) is 3. The molecule has 34 heavy (non-hydrogen) atoms. The summed E-state index contributed by atoms with van der Waals surface area (Å²) in [5.74, 6) is 0.202. The summed E-state index contributed by atoms with van der Waals surface area (Å²) < 4.78 is 47.3. The van der Waals surface area contributed by atoms with Crippen molar-refractivity contribution in [2.75, 3.05) is 11.9 Å². The Morgan fingerprint density at radius 1 is 1.06 bits per heavy atom. The fourth-order valence-corrected chi connectivity index (χ4v) is 3.44. The fourth-order valence-electron chi connectivity index (χ4n) is 3.44. The van der Waals surface area contributed by atoms with Crippen LogP contribution in [0.1, 0.15) is 30.9 Å². The van der Waals surface area contributed by atoms with Crippen LogP contribution in [0.25, 0.3) is 0 Å². The van der Waals surface area contributed by atoms with Crippen LogP contribution in [0.4, 0.5) is 23.7 Å². The predicted octanol–water partition coefficient (Wildman–Crippen LogP) is 5.11. The highest BCUT2D eigenvalue weighted by Gasteiger charge is 2.34. The van der Waals surface area contributed by atoms with Gasteiger partial charge in [0, 0.05) is 25.0 Å². The number of nitrogens with one attached hydrogen (secondary N) is 1. The maximum Gasteiger partial charge on any atom is 0.418 e. The van der Waals surface area contributed by atoms with E-state index >= 15 is 0 Å². The number of aryl methyl sites for hydroxylation is 1. The molecule has 0 aliphatic rings. The van der Waals surface area contributed by atoms with Crippen molar-refractivity contribution >= 4 is 17.6 Å². The minimum absolute atomic E-state index is 0.182. The number of anilines is 1. The number of urea groups is 1. The lowest BCUT2D eigenvalue weighted by Crippen LogP contribution is -2.47. The molecule has 3 amide bonds. The van der Waals surface area contributed by atoms with E-state index in [-0.39, 0.29) is 31.2 Å². The van der Waals surface area contributed by atoms with Crippen molar-refractivity contribution in [3.63, 3.8) is 0 Å². The molecule has 0 unspecified atom stereocenters. The number of halogens is 3. The summed E-state index contributed by atoms with van der Waals surface area (Å²) in [4.78, 5) is 29.0. The Hall–Kier alpha value is -3.69. The van der Waals surface area contributed by atoms with E-state index in [1.54, 1.807) is 30.9 Å². The zero-order chi connectivity index (χ0) is 24.9. The SMILES string of the molecule is CC(C)N(CC(=O)N(Cc1ccco1)Cc1cccn1C)C(=O)Nc1ccccc1C(F)(F)F. The van der Waals surface area contributed by atoms with Crippen molar-refractivity contribution in [1.29, 1.82) is 0 Å². The maximum atomic E-state index is 13.3. The van der Waals surface area contributed by atoms with Gasteiger partial charge in [0.2, 0.25) is 5.91 Å². The van der Waals surface area contributed by atoms with E-state index in [1.165, 1.54) is 29.4 Å². The van der Waals surface area contributed by atoms with Crippen LogP contribution in [0.15, 0.2) is 65.4 Å². The van der Waals surface area contributed by atoms with Crippen molar-refractivity contribution in [2.45, 2.75) is 39.2 Å². The molecule has 2 heterocycles. The van der Waals surface area contributed by atoms with Gasteiger partial charge in [-0.15, -0.1) is 0 Å². The van der Waals surface area contributed by atoms with Crippen molar-refractivity contribution < 1.29 is 27.2 Å². The largest absolute Gasteiger partial charge is 0.467 e. The molecule has 0 saturated carbocycles. The van der Waals surface area contributed by atoms with Gasteiger partial charge in [0.05, 0.1) is 30.6 Å². The first kappa shape index (κ1) is 24.9. The molecule has 0 radical (unpaired) electrons. The minimum Gasteiger partial charge on any atom is -0.467 e. The first-order valence-corrected chi connectivity index (χ1v) is 10.7. The number of hydrogen-bond donors (Lipinski definition) is 1. The van der Waals surface area contributed by atoms with Crippen LogP contribution in [-0.2, 0) is 31.1 Å². The lowest BCUT2D eigenvalue weighted by atomic mass is 10.1. The monoisotopic (exact) mass is 476 g/mol. The number of para-hydroxylation sites is 1. The van der Waals surface area contributed by atoms with Crippen LogP contribution in [-0.4, -0.2) is 38.9 Å². The number of rotatable bonds is 8.